The normalized spacial score (nSPS) is 28.1. The van der Waals surface area contributed by atoms with E-state index in [-0.39, 0.29) is 5.60 Å². The predicted molar refractivity (Wildman–Crippen MR) is 77.9 cm³/mol. The van der Waals surface area contributed by atoms with E-state index in [2.05, 4.69) is 59.1 Å². The third-order valence-corrected chi connectivity index (χ3v) is 4.00. The van der Waals surface area contributed by atoms with Gasteiger partial charge in [0.2, 0.25) is 0 Å². The van der Waals surface area contributed by atoms with Gasteiger partial charge in [-0.2, -0.15) is 12.6 Å². The Morgan fingerprint density at radius 3 is 2.41 bits per heavy atom. The first-order valence-corrected chi connectivity index (χ1v) is 7.28. The van der Waals surface area contributed by atoms with Gasteiger partial charge in [0, 0.05) is 19.6 Å². The summed E-state index contributed by atoms with van der Waals surface area (Å²) in [5, 5.41) is 0. The van der Waals surface area contributed by atoms with Crippen molar-refractivity contribution in [2.24, 2.45) is 11.3 Å². The zero-order valence-corrected chi connectivity index (χ0v) is 13.2. The van der Waals surface area contributed by atoms with Crippen molar-refractivity contribution in [2.75, 3.05) is 25.4 Å². The molecule has 1 heterocycles. The van der Waals surface area contributed by atoms with Gasteiger partial charge >= 0.3 is 0 Å². The summed E-state index contributed by atoms with van der Waals surface area (Å²) in [5.41, 5.74) is 0.310. The molecule has 1 aliphatic heterocycles. The summed E-state index contributed by atoms with van der Waals surface area (Å²) >= 11 is 4.52. The lowest BCUT2D eigenvalue weighted by Gasteiger charge is -2.44. The summed E-state index contributed by atoms with van der Waals surface area (Å²) < 4.78 is 5.94. The van der Waals surface area contributed by atoms with Crippen LogP contribution < -0.4 is 0 Å². The number of ether oxygens (including phenoxy) is 1. The number of rotatable bonds is 3. The second-order valence-corrected chi connectivity index (χ2v) is 7.49. The maximum absolute atomic E-state index is 5.94. The molecule has 0 aromatic rings. The van der Waals surface area contributed by atoms with Gasteiger partial charge in [-0.25, -0.2) is 0 Å². The van der Waals surface area contributed by atoms with Gasteiger partial charge in [0.05, 0.1) is 11.7 Å². The van der Waals surface area contributed by atoms with Crippen LogP contribution in [-0.4, -0.2) is 42.0 Å². The van der Waals surface area contributed by atoms with Crippen LogP contribution in [0.1, 0.15) is 41.5 Å². The quantitative estimate of drug-likeness (QED) is 0.782. The first kappa shape index (κ1) is 15.3. The molecule has 17 heavy (non-hydrogen) atoms. The van der Waals surface area contributed by atoms with Crippen LogP contribution in [0.5, 0.6) is 0 Å². The highest BCUT2D eigenvalue weighted by Gasteiger charge is 2.34. The van der Waals surface area contributed by atoms with Crippen LogP contribution in [0.15, 0.2) is 0 Å². The Balaban J connectivity index is 2.61. The van der Waals surface area contributed by atoms with Crippen LogP contribution in [0, 0.1) is 11.3 Å². The molecule has 1 fully saturated rings. The average Bonchev–Trinajstić information content (AvgIpc) is 2.08. The minimum atomic E-state index is -0.0172. The summed E-state index contributed by atoms with van der Waals surface area (Å²) in [4.78, 5) is 2.54. The number of morpholine rings is 1. The summed E-state index contributed by atoms with van der Waals surface area (Å²) in [6.45, 7) is 16.7. The van der Waals surface area contributed by atoms with Crippen molar-refractivity contribution in [1.82, 2.24) is 4.90 Å². The molecule has 0 aliphatic carbocycles. The lowest BCUT2D eigenvalue weighted by atomic mass is 9.81. The molecule has 3 heteroatoms. The topological polar surface area (TPSA) is 12.5 Å². The van der Waals surface area contributed by atoms with E-state index in [1.165, 1.54) is 0 Å². The van der Waals surface area contributed by atoms with E-state index in [1.54, 1.807) is 0 Å². The fourth-order valence-corrected chi connectivity index (χ4v) is 3.31. The van der Waals surface area contributed by atoms with Gasteiger partial charge in [0.15, 0.2) is 0 Å². The zero-order chi connectivity index (χ0) is 13.3. The molecule has 0 aromatic heterocycles. The highest BCUT2D eigenvalue weighted by atomic mass is 32.1. The van der Waals surface area contributed by atoms with Crippen LogP contribution in [0.4, 0.5) is 0 Å². The highest BCUT2D eigenvalue weighted by molar-refractivity contribution is 7.80. The fourth-order valence-electron chi connectivity index (χ4n) is 2.64. The lowest BCUT2D eigenvalue weighted by Crippen LogP contribution is -2.53. The van der Waals surface area contributed by atoms with Crippen molar-refractivity contribution < 1.29 is 4.74 Å². The van der Waals surface area contributed by atoms with E-state index in [4.69, 9.17) is 4.74 Å². The molecule has 1 rings (SSSR count). The van der Waals surface area contributed by atoms with Crippen molar-refractivity contribution in [1.29, 1.82) is 0 Å². The zero-order valence-electron chi connectivity index (χ0n) is 12.3. The Morgan fingerprint density at radius 2 is 2.00 bits per heavy atom. The number of thiol groups is 1. The minimum Gasteiger partial charge on any atom is -0.370 e. The molecule has 1 saturated heterocycles. The monoisotopic (exact) mass is 259 g/mol. The summed E-state index contributed by atoms with van der Waals surface area (Å²) in [5.74, 6) is 1.59. The Hall–Kier alpha value is 0.270. The van der Waals surface area contributed by atoms with Crippen molar-refractivity contribution in [3.8, 4) is 0 Å². The van der Waals surface area contributed by atoms with Crippen LogP contribution in [-0.2, 0) is 4.74 Å². The average molecular weight is 259 g/mol. The van der Waals surface area contributed by atoms with Crippen LogP contribution in [0.3, 0.4) is 0 Å². The molecule has 0 amide bonds. The van der Waals surface area contributed by atoms with Gasteiger partial charge in [-0.3, -0.25) is 4.90 Å². The second kappa shape index (κ2) is 5.50. The third kappa shape index (κ3) is 4.80. The molecule has 2 atom stereocenters. The van der Waals surface area contributed by atoms with Gasteiger partial charge in [-0.15, -0.1) is 0 Å². The van der Waals surface area contributed by atoms with Crippen molar-refractivity contribution >= 4 is 12.6 Å². The Kier molecular flexibility index (Phi) is 4.96. The molecular formula is C14H29NOS. The molecular weight excluding hydrogens is 230 g/mol. The first-order valence-electron chi connectivity index (χ1n) is 6.65. The van der Waals surface area contributed by atoms with E-state index in [1.807, 2.05) is 0 Å². The molecule has 0 N–H and O–H groups in total. The van der Waals surface area contributed by atoms with Crippen LogP contribution in [0.25, 0.3) is 0 Å². The van der Waals surface area contributed by atoms with E-state index in [9.17, 15) is 0 Å². The smallest absolute Gasteiger partial charge is 0.0757 e. The standard InChI is InChI=1S/C14H29NOS/c1-11-7-15(10-14(5,6)16-11)8-12(9-17)13(2,3)4/h11-12,17H,7-10H2,1-6H3. The highest BCUT2D eigenvalue weighted by Crippen LogP contribution is 2.29. The maximum Gasteiger partial charge on any atom is 0.0757 e. The van der Waals surface area contributed by atoms with Gasteiger partial charge in [0.1, 0.15) is 0 Å². The fraction of sp³-hybridized carbons (Fsp3) is 1.00. The summed E-state index contributed by atoms with van der Waals surface area (Å²) in [6, 6.07) is 0. The predicted octanol–water partition coefficient (Wildman–Crippen LogP) is 3.08. The Morgan fingerprint density at radius 1 is 1.41 bits per heavy atom. The molecule has 2 nitrogen and oxygen atoms in total. The largest absolute Gasteiger partial charge is 0.370 e. The van der Waals surface area contributed by atoms with Crippen molar-refractivity contribution in [3.63, 3.8) is 0 Å². The maximum atomic E-state index is 5.94. The van der Waals surface area contributed by atoms with Crippen LogP contribution >= 0.6 is 12.6 Å². The van der Waals surface area contributed by atoms with E-state index in [0.717, 1.165) is 25.4 Å². The summed E-state index contributed by atoms with van der Waals surface area (Å²) in [6.07, 6.45) is 0.333. The molecule has 0 aromatic carbocycles. The molecule has 0 bridgehead atoms. The molecule has 0 radical (unpaired) electrons. The van der Waals surface area contributed by atoms with E-state index >= 15 is 0 Å². The summed E-state index contributed by atoms with van der Waals surface area (Å²) in [7, 11) is 0. The van der Waals surface area contributed by atoms with Gasteiger partial charge in [-0.1, -0.05) is 20.8 Å². The van der Waals surface area contributed by atoms with Gasteiger partial charge in [-0.05, 0) is 37.9 Å². The van der Waals surface area contributed by atoms with Crippen molar-refractivity contribution in [3.05, 3.63) is 0 Å². The Bertz CT molecular complexity index is 247. The van der Waals surface area contributed by atoms with Gasteiger partial charge in [0.25, 0.3) is 0 Å². The van der Waals surface area contributed by atoms with Crippen molar-refractivity contribution in [2.45, 2.75) is 53.2 Å². The van der Waals surface area contributed by atoms with Crippen LogP contribution in [0.2, 0.25) is 0 Å². The SMILES string of the molecule is CC1CN(CC(CS)C(C)(C)C)CC(C)(C)O1. The third-order valence-electron chi connectivity index (χ3n) is 3.56. The Labute approximate surface area is 113 Å². The molecule has 1 aliphatic rings. The number of hydrogen-bond donors (Lipinski definition) is 1. The second-order valence-electron chi connectivity index (χ2n) is 7.13. The molecule has 0 saturated carbocycles. The van der Waals surface area contributed by atoms with Gasteiger partial charge < -0.3 is 4.74 Å². The lowest BCUT2D eigenvalue weighted by molar-refractivity contribution is -0.132. The first-order chi connectivity index (χ1) is 7.64. The minimum absolute atomic E-state index is 0.0172. The van der Waals surface area contributed by atoms with E-state index < -0.39 is 0 Å². The molecule has 102 valence electrons. The molecule has 2 unspecified atom stereocenters. The van der Waals surface area contributed by atoms with E-state index in [0.29, 0.717) is 17.4 Å². The molecule has 0 spiro atoms. The number of nitrogens with zero attached hydrogens (tertiary/aromatic N) is 1. The number of hydrogen-bond acceptors (Lipinski definition) is 3.